The average molecular weight is 405 g/mol. The maximum Gasteiger partial charge on any atom is 1.00 e. The number of hydrogen-bond acceptors (Lipinski definition) is 7. The summed E-state index contributed by atoms with van der Waals surface area (Å²) >= 11 is 0. The van der Waals surface area contributed by atoms with E-state index in [1.54, 1.807) is 0 Å². The van der Waals surface area contributed by atoms with E-state index in [9.17, 15) is 27.0 Å². The van der Waals surface area contributed by atoms with Crippen LogP contribution in [0.1, 0.15) is 6.92 Å². The first-order chi connectivity index (χ1) is 10.4. The molecule has 0 unspecified atom stereocenters. The molecule has 0 radical (unpaired) electrons. The Balaban J connectivity index is 0.00000288. The fraction of sp³-hybridized carbons (Fsp3) is 0.0833. The van der Waals surface area contributed by atoms with E-state index < -0.39 is 41.7 Å². The molecule has 0 saturated carbocycles. The van der Waals surface area contributed by atoms with Gasteiger partial charge in [0.25, 0.3) is 20.2 Å². The van der Waals surface area contributed by atoms with E-state index in [1.165, 1.54) is 0 Å². The van der Waals surface area contributed by atoms with E-state index in [0.717, 1.165) is 25.1 Å². The molecule has 2 aromatic rings. The van der Waals surface area contributed by atoms with Gasteiger partial charge in [-0.05, 0) is 47.9 Å². The van der Waals surface area contributed by atoms with E-state index in [1.807, 2.05) is 0 Å². The van der Waals surface area contributed by atoms with Crippen LogP contribution in [0.4, 0.5) is 5.69 Å². The van der Waals surface area contributed by atoms with Gasteiger partial charge in [0.15, 0.2) is 0 Å². The minimum atomic E-state index is -4.71. The van der Waals surface area contributed by atoms with Crippen LogP contribution in [0.25, 0.3) is 10.8 Å². The zero-order chi connectivity index (χ0) is 17.6. The molecule has 0 spiro atoms. The minimum Gasteiger partial charge on any atom is -0.872 e. The van der Waals surface area contributed by atoms with E-state index >= 15 is 0 Å². The molecular weight excluding hydrogens is 396 g/mol. The topological polar surface area (TPSA) is 167 Å². The van der Waals surface area contributed by atoms with Gasteiger partial charge in [0.2, 0.25) is 0 Å². The molecule has 9 nitrogen and oxygen atoms in total. The Morgan fingerprint density at radius 2 is 1.40 bits per heavy atom. The van der Waals surface area contributed by atoms with Crippen molar-refractivity contribution in [1.29, 1.82) is 0 Å². The predicted octanol–water partition coefficient (Wildman–Crippen LogP) is -6.17. The Morgan fingerprint density at radius 1 is 0.960 bits per heavy atom. The molecule has 0 aliphatic rings. The molecule has 0 bridgehead atoms. The predicted molar refractivity (Wildman–Crippen MR) is 75.8 cm³/mol. The van der Waals surface area contributed by atoms with E-state index in [2.05, 4.69) is 4.99 Å². The van der Waals surface area contributed by atoms with Crippen LogP contribution in [0.5, 0.6) is 5.75 Å². The zero-order valence-electron chi connectivity index (χ0n) is 13.4. The third-order valence-electron chi connectivity index (χ3n) is 2.81. The molecule has 25 heavy (non-hydrogen) atoms. The van der Waals surface area contributed by atoms with Gasteiger partial charge in [-0.2, -0.15) is 16.8 Å². The van der Waals surface area contributed by atoms with Crippen LogP contribution in [0.3, 0.4) is 0 Å². The zero-order valence-corrected chi connectivity index (χ0v) is 19.1. The molecule has 2 aromatic carbocycles. The largest absolute Gasteiger partial charge is 1.00 e. The Labute approximate surface area is 187 Å². The Kier molecular flexibility index (Phi) is 8.58. The Morgan fingerprint density at radius 3 is 1.80 bits per heavy atom. The maximum atomic E-state index is 12.1. The van der Waals surface area contributed by atoms with Crippen molar-refractivity contribution in [2.24, 2.45) is 4.99 Å². The average Bonchev–Trinajstić information content (AvgIpc) is 2.34. The number of hydrogen-bond donors (Lipinski definition) is 2. The summed E-state index contributed by atoms with van der Waals surface area (Å²) in [5, 5.41) is 22.7. The molecule has 0 atom stereocenters. The third kappa shape index (κ3) is 5.89. The number of fused-ring (bicyclic) bond motifs is 1. The summed E-state index contributed by atoms with van der Waals surface area (Å²) in [6.45, 7) is 1.06. The van der Waals surface area contributed by atoms with Gasteiger partial charge in [0.1, 0.15) is 0 Å². The van der Waals surface area contributed by atoms with Crippen molar-refractivity contribution >= 4 is 42.6 Å². The molecular formula is C12H9NNa2O8S2. The van der Waals surface area contributed by atoms with Crippen molar-refractivity contribution in [3.63, 3.8) is 0 Å². The smallest absolute Gasteiger partial charge is 0.872 e. The van der Waals surface area contributed by atoms with Gasteiger partial charge in [-0.3, -0.25) is 14.1 Å². The van der Waals surface area contributed by atoms with Gasteiger partial charge >= 0.3 is 59.1 Å². The number of benzene rings is 2. The molecule has 0 saturated heterocycles. The van der Waals surface area contributed by atoms with Gasteiger partial charge < -0.3 is 10.2 Å². The quantitative estimate of drug-likeness (QED) is 0.220. The Bertz CT molecular complexity index is 1040. The molecule has 2 N–H and O–H groups in total. The first-order valence-electron chi connectivity index (χ1n) is 5.85. The van der Waals surface area contributed by atoms with Gasteiger partial charge in [0.05, 0.1) is 15.5 Å². The van der Waals surface area contributed by atoms with Crippen LogP contribution >= 0.6 is 0 Å². The summed E-state index contributed by atoms with van der Waals surface area (Å²) in [4.78, 5) is 2.05. The number of rotatable bonds is 3. The monoisotopic (exact) mass is 405 g/mol. The summed E-state index contributed by atoms with van der Waals surface area (Å²) < 4.78 is 62.9. The fourth-order valence-electron chi connectivity index (χ4n) is 1.96. The first-order valence-corrected chi connectivity index (χ1v) is 8.74. The second kappa shape index (κ2) is 8.65. The van der Waals surface area contributed by atoms with Crippen LogP contribution in [0.2, 0.25) is 0 Å². The maximum absolute atomic E-state index is 12.1. The third-order valence-corrected chi connectivity index (χ3v) is 4.48. The first kappa shape index (κ1) is 24.8. The number of aliphatic imine (C=N–C) groups is 1. The van der Waals surface area contributed by atoms with Crippen LogP contribution < -0.4 is 69.3 Å². The van der Waals surface area contributed by atoms with Crippen molar-refractivity contribution in [2.45, 2.75) is 16.7 Å². The molecule has 2 rings (SSSR count). The van der Waals surface area contributed by atoms with Crippen molar-refractivity contribution in [3.8, 4) is 5.75 Å². The molecule has 0 amide bonds. The van der Waals surface area contributed by atoms with Crippen LogP contribution in [0.15, 0.2) is 39.0 Å². The summed E-state index contributed by atoms with van der Waals surface area (Å²) in [7, 11) is -9.41. The van der Waals surface area contributed by atoms with Crippen LogP contribution in [0, 0.1) is 0 Å². The fourth-order valence-corrected chi connectivity index (χ4v) is 3.02. The van der Waals surface area contributed by atoms with Crippen LogP contribution in [-0.2, 0) is 20.2 Å². The molecule has 0 aliphatic carbocycles. The van der Waals surface area contributed by atoms with Crippen LogP contribution in [-0.4, -0.2) is 31.8 Å². The van der Waals surface area contributed by atoms with Crippen molar-refractivity contribution < 1.29 is 95.3 Å². The summed E-state index contributed by atoms with van der Waals surface area (Å²) in [6.07, 6.45) is 0. The van der Waals surface area contributed by atoms with Gasteiger partial charge in [-0.15, -0.1) is 0 Å². The normalized spacial score (nSPS) is 12.4. The second-order valence-electron chi connectivity index (χ2n) is 4.54. The van der Waals surface area contributed by atoms with Gasteiger partial charge in [-0.25, -0.2) is 0 Å². The second-order valence-corrected chi connectivity index (χ2v) is 7.39. The van der Waals surface area contributed by atoms with Crippen molar-refractivity contribution in [1.82, 2.24) is 0 Å². The molecule has 124 valence electrons. The van der Waals surface area contributed by atoms with Crippen molar-refractivity contribution in [3.05, 3.63) is 24.3 Å². The molecule has 0 heterocycles. The standard InChI is InChI=1S/C12H11NO8S2.2Na/c1-6(14)13-10-4-8(22(16,17)18)2-7-3-9(23(19,20)21)5-11(15)12(7)10;;/h2-5,15H,1H3,(H,13,14)(H,16,17,18)(H,19,20,21);;/q;2*+1/p-2. The molecule has 0 aromatic heterocycles. The molecule has 13 heteroatoms. The summed E-state index contributed by atoms with van der Waals surface area (Å²) in [5.74, 6) is -1.63. The summed E-state index contributed by atoms with van der Waals surface area (Å²) in [6, 6.07) is 3.09. The van der Waals surface area contributed by atoms with Gasteiger partial charge in [0, 0.05) is 0 Å². The molecule has 0 fully saturated rings. The van der Waals surface area contributed by atoms with E-state index in [-0.39, 0.29) is 75.6 Å². The van der Waals surface area contributed by atoms with E-state index in [4.69, 9.17) is 9.11 Å². The SMILES string of the molecule is CC([O-])=Nc1cc(S(=O)(=O)O)cc2cc(S(=O)(=O)O)cc([O-])c12.[Na+].[Na+]. The summed E-state index contributed by atoms with van der Waals surface area (Å²) in [5.41, 5.74) is -0.338. The van der Waals surface area contributed by atoms with Gasteiger partial charge in [-0.1, -0.05) is 5.75 Å². The van der Waals surface area contributed by atoms with Crippen molar-refractivity contribution in [2.75, 3.05) is 0 Å². The Hall–Kier alpha value is -0.210. The number of nitrogens with zero attached hydrogens (tertiary/aromatic N) is 1. The molecule has 0 aliphatic heterocycles. The minimum absolute atomic E-state index is 0. The van der Waals surface area contributed by atoms with E-state index in [0.29, 0.717) is 6.07 Å².